The summed E-state index contributed by atoms with van der Waals surface area (Å²) in [6, 6.07) is 10.0. The van der Waals surface area contributed by atoms with Crippen molar-refractivity contribution in [2.45, 2.75) is 39.7 Å². The Morgan fingerprint density at radius 1 is 1.26 bits per heavy atom. The summed E-state index contributed by atoms with van der Waals surface area (Å²) in [6.45, 7) is 15.5. The van der Waals surface area contributed by atoms with E-state index in [-0.39, 0.29) is 6.61 Å². The Morgan fingerprint density at radius 3 is 2.67 bits per heavy atom. The number of anilines is 1. The summed E-state index contributed by atoms with van der Waals surface area (Å²) in [4.78, 5) is 20.5. The van der Waals surface area contributed by atoms with E-state index in [4.69, 9.17) is 26.8 Å². The molecular weight excluding hydrogens is 567 g/mol. The van der Waals surface area contributed by atoms with Gasteiger partial charge in [-0.3, -0.25) is 4.79 Å². The van der Waals surface area contributed by atoms with E-state index in [9.17, 15) is 9.18 Å². The van der Waals surface area contributed by atoms with Crippen LogP contribution in [-0.4, -0.2) is 50.2 Å². The summed E-state index contributed by atoms with van der Waals surface area (Å²) in [7, 11) is 0. The number of piperidine rings is 1. The number of rotatable bonds is 16. The summed E-state index contributed by atoms with van der Waals surface area (Å²) in [6.07, 6.45) is 12.3. The van der Waals surface area contributed by atoms with Crippen molar-refractivity contribution in [1.82, 2.24) is 4.90 Å². The van der Waals surface area contributed by atoms with Gasteiger partial charge in [0.15, 0.2) is 0 Å². The molecule has 0 aliphatic carbocycles. The zero-order valence-corrected chi connectivity index (χ0v) is 25.9. The third-order valence-electron chi connectivity index (χ3n) is 7.52. The first-order valence-corrected chi connectivity index (χ1v) is 14.8. The lowest BCUT2D eigenvalue weighted by Gasteiger charge is -2.34. The molecule has 0 unspecified atom stereocenters. The number of hydrogen-bond donors (Lipinski definition) is 1. The highest BCUT2D eigenvalue weighted by Gasteiger charge is 2.20. The van der Waals surface area contributed by atoms with Crippen molar-refractivity contribution in [3.63, 3.8) is 0 Å². The van der Waals surface area contributed by atoms with Crippen LogP contribution in [0, 0.1) is 18.7 Å². The third kappa shape index (κ3) is 10.7. The molecule has 2 N–H and O–H groups in total. The Balaban J connectivity index is 1.51. The first-order chi connectivity index (χ1) is 20.7. The number of halogens is 2. The predicted molar refractivity (Wildman–Crippen MR) is 174 cm³/mol. The number of ether oxygens (including phenoxy) is 2. The van der Waals surface area contributed by atoms with Crippen LogP contribution >= 0.6 is 11.6 Å². The van der Waals surface area contributed by atoms with Gasteiger partial charge in [-0.2, -0.15) is 0 Å². The van der Waals surface area contributed by atoms with Crippen LogP contribution < -0.4 is 10.6 Å². The van der Waals surface area contributed by atoms with Gasteiger partial charge in [0.1, 0.15) is 18.2 Å². The van der Waals surface area contributed by atoms with Gasteiger partial charge in [0, 0.05) is 34.9 Å². The number of benzene rings is 2. The molecule has 1 heterocycles. The molecule has 0 atom stereocenters. The van der Waals surface area contributed by atoms with Gasteiger partial charge in [-0.1, -0.05) is 42.5 Å². The van der Waals surface area contributed by atoms with E-state index in [1.54, 1.807) is 24.3 Å². The van der Waals surface area contributed by atoms with Gasteiger partial charge >= 0.3 is 0 Å². The fourth-order valence-corrected chi connectivity index (χ4v) is 5.10. The number of aryl methyl sites for hydroxylation is 1. The molecule has 1 aliphatic rings. The Hall–Kier alpha value is -3.88. The summed E-state index contributed by atoms with van der Waals surface area (Å²) in [5.74, 6) is 0.852. The number of carbonyl (C=O) groups is 1. The van der Waals surface area contributed by atoms with Crippen LogP contribution in [0.2, 0.25) is 5.02 Å². The zero-order chi connectivity index (χ0) is 31.2. The normalized spacial score (nSPS) is 15.0. The number of aliphatic imine (C=N–C) groups is 1. The van der Waals surface area contributed by atoms with Gasteiger partial charge in [0.2, 0.25) is 11.8 Å². The highest BCUT2D eigenvalue weighted by atomic mass is 35.5. The van der Waals surface area contributed by atoms with Crippen LogP contribution in [0.25, 0.3) is 0 Å². The first-order valence-electron chi connectivity index (χ1n) is 14.4. The Labute approximate surface area is 259 Å². The number of primary amides is 1. The molecular formula is C34H42ClFN4O3. The second-order valence-electron chi connectivity index (χ2n) is 10.5. The van der Waals surface area contributed by atoms with Crippen LogP contribution in [-0.2, 0) is 16.1 Å². The second-order valence-corrected chi connectivity index (χ2v) is 10.9. The molecule has 1 saturated heterocycles. The second kappa shape index (κ2) is 17.3. The van der Waals surface area contributed by atoms with Gasteiger partial charge in [0.25, 0.3) is 0 Å². The van der Waals surface area contributed by atoms with E-state index >= 15 is 0 Å². The predicted octanol–water partition coefficient (Wildman–Crippen LogP) is 7.17. The van der Waals surface area contributed by atoms with E-state index in [2.05, 4.69) is 34.2 Å². The molecule has 0 bridgehead atoms. The van der Waals surface area contributed by atoms with Crippen LogP contribution in [0.1, 0.15) is 47.7 Å². The molecule has 0 radical (unpaired) electrons. The summed E-state index contributed by atoms with van der Waals surface area (Å²) in [5.41, 5.74) is 8.49. The van der Waals surface area contributed by atoms with Gasteiger partial charge in [-0.05, 0) is 101 Å². The monoisotopic (exact) mass is 608 g/mol. The van der Waals surface area contributed by atoms with Crippen LogP contribution in [0.15, 0.2) is 90.2 Å². The molecule has 0 saturated carbocycles. The number of likely N-dealkylation sites (tertiary alicyclic amines) is 1. The van der Waals surface area contributed by atoms with Crippen molar-refractivity contribution in [1.29, 1.82) is 0 Å². The maximum Gasteiger partial charge on any atom is 0.248 e. The van der Waals surface area contributed by atoms with Crippen molar-refractivity contribution < 1.29 is 18.7 Å². The minimum Gasteiger partial charge on any atom is -0.473 e. The molecule has 2 aromatic carbocycles. The van der Waals surface area contributed by atoms with Crippen molar-refractivity contribution in [2.75, 3.05) is 37.6 Å². The van der Waals surface area contributed by atoms with Crippen molar-refractivity contribution in [3.8, 4) is 0 Å². The fourth-order valence-electron chi connectivity index (χ4n) is 4.95. The lowest BCUT2D eigenvalue weighted by Crippen LogP contribution is -2.40. The molecule has 1 amide bonds. The average molecular weight is 609 g/mol. The van der Waals surface area contributed by atoms with E-state index in [1.807, 2.05) is 38.1 Å². The van der Waals surface area contributed by atoms with Crippen LogP contribution in [0.3, 0.4) is 0 Å². The minimum absolute atomic E-state index is 0.0467. The lowest BCUT2D eigenvalue weighted by atomic mass is 9.93. The Bertz CT molecular complexity index is 1350. The molecule has 9 heteroatoms. The maximum absolute atomic E-state index is 14.0. The number of hydrogen-bond acceptors (Lipinski definition) is 6. The van der Waals surface area contributed by atoms with Gasteiger partial charge in [0.05, 0.1) is 12.8 Å². The molecule has 3 rings (SSSR count). The van der Waals surface area contributed by atoms with E-state index < -0.39 is 11.7 Å². The van der Waals surface area contributed by atoms with Crippen molar-refractivity contribution in [3.05, 3.63) is 113 Å². The smallest absolute Gasteiger partial charge is 0.248 e. The Kier molecular flexibility index (Phi) is 13.5. The molecule has 0 aromatic heterocycles. The molecule has 1 fully saturated rings. The maximum atomic E-state index is 14.0. The number of carbonyl (C=O) groups excluding carboxylic acids is 1. The molecule has 230 valence electrons. The standard InChI is InChI=1S/C34H42ClFN4O3/c1-5-30(42-6-2)23-40(32-21-27(34(37)41)12-11-25(32)3)20-19-39-17-15-26(16-18-39)9-7-8-10-33(38-4)43-24-28-13-14-29(35)22-31(28)36/h5-8,10-14,21-22,26H,2,4,9,15-20,23-24H2,1,3H3,(H2,37,41)/b8-7-,30-5-,33-10+. The first kappa shape index (κ1) is 33.6. The number of nitrogens with zero attached hydrogens (tertiary/aromatic N) is 3. The highest BCUT2D eigenvalue weighted by molar-refractivity contribution is 6.30. The lowest BCUT2D eigenvalue weighted by molar-refractivity contribution is 0.100. The largest absolute Gasteiger partial charge is 0.473 e. The summed E-state index contributed by atoms with van der Waals surface area (Å²) in [5, 5.41) is 0.342. The number of amides is 1. The Morgan fingerprint density at radius 2 is 2.02 bits per heavy atom. The topological polar surface area (TPSA) is 80.4 Å². The number of nitrogens with two attached hydrogens (primary N) is 1. The quantitative estimate of drug-likeness (QED) is 0.124. The third-order valence-corrected chi connectivity index (χ3v) is 7.76. The van der Waals surface area contributed by atoms with Gasteiger partial charge < -0.3 is 25.0 Å². The highest BCUT2D eigenvalue weighted by Crippen LogP contribution is 2.25. The SMILES string of the molecule is C=CO/C(=C\C)CN(CCN1CCC(C/C=C\C=C(/N=C)OCc2ccc(Cl)cc2F)CC1)c1cc(C(N)=O)ccc1C. The minimum atomic E-state index is -0.445. The zero-order valence-electron chi connectivity index (χ0n) is 25.1. The van der Waals surface area contributed by atoms with E-state index in [0.29, 0.717) is 34.5 Å². The number of allylic oxidation sites excluding steroid dienone is 4. The van der Waals surface area contributed by atoms with Gasteiger partial charge in [-0.15, -0.1) is 0 Å². The van der Waals surface area contributed by atoms with Crippen molar-refractivity contribution in [2.24, 2.45) is 16.6 Å². The summed E-state index contributed by atoms with van der Waals surface area (Å²) >= 11 is 5.81. The fraction of sp³-hybridized carbons (Fsp3) is 0.353. The molecule has 2 aromatic rings. The van der Waals surface area contributed by atoms with Crippen LogP contribution in [0.4, 0.5) is 10.1 Å². The summed E-state index contributed by atoms with van der Waals surface area (Å²) < 4.78 is 25.2. The molecule has 7 nitrogen and oxygen atoms in total. The molecule has 43 heavy (non-hydrogen) atoms. The molecule has 1 aliphatic heterocycles. The van der Waals surface area contributed by atoms with E-state index in [1.165, 1.54) is 12.3 Å². The van der Waals surface area contributed by atoms with E-state index in [0.717, 1.165) is 62.5 Å². The molecule has 0 spiro atoms. The van der Waals surface area contributed by atoms with Gasteiger partial charge in [-0.25, -0.2) is 9.38 Å². The average Bonchev–Trinajstić information content (AvgIpc) is 3.00. The van der Waals surface area contributed by atoms with Crippen molar-refractivity contribution >= 4 is 29.9 Å². The van der Waals surface area contributed by atoms with Crippen LogP contribution in [0.5, 0.6) is 0 Å².